The van der Waals surface area contributed by atoms with Gasteiger partial charge in [0.2, 0.25) is 0 Å². The summed E-state index contributed by atoms with van der Waals surface area (Å²) >= 11 is 1.65. The summed E-state index contributed by atoms with van der Waals surface area (Å²) in [5, 5.41) is 1.19. The average Bonchev–Trinajstić information content (AvgIpc) is 2.92. The van der Waals surface area contributed by atoms with E-state index in [1.54, 1.807) is 11.8 Å². The van der Waals surface area contributed by atoms with Crippen LogP contribution < -0.4 is 0 Å². The summed E-state index contributed by atoms with van der Waals surface area (Å²) in [6.45, 7) is 2.01. The third kappa shape index (κ3) is 3.10. The molecule has 4 rings (SSSR count). The van der Waals surface area contributed by atoms with E-state index >= 15 is 0 Å². The lowest BCUT2D eigenvalue weighted by atomic mass is 9.84. The first-order valence-corrected chi connectivity index (χ1v) is 9.49. The second-order valence-electron chi connectivity index (χ2n) is 6.63. The van der Waals surface area contributed by atoms with Gasteiger partial charge in [-0.15, -0.1) is 0 Å². The molecular weight excluding hydrogens is 319 g/mol. The highest BCUT2D eigenvalue weighted by Gasteiger charge is 2.18. The Balaban J connectivity index is 1.71. The summed E-state index contributed by atoms with van der Waals surface area (Å²) in [6, 6.07) is 13.3. The third-order valence-electron chi connectivity index (χ3n) is 4.94. The molecule has 3 heteroatoms. The van der Waals surface area contributed by atoms with Crippen LogP contribution in [0.15, 0.2) is 56.7 Å². The maximum Gasteiger partial charge on any atom is 0.135 e. The fraction of sp³-hybridized carbons (Fsp3) is 0.333. The quantitative estimate of drug-likeness (QED) is 0.505. The fourth-order valence-corrected chi connectivity index (χ4v) is 4.61. The molecule has 2 aromatic carbocycles. The lowest BCUT2D eigenvalue weighted by Gasteiger charge is -2.21. The average molecular weight is 340 g/mol. The molecule has 0 radical (unpaired) electrons. The second-order valence-corrected chi connectivity index (χ2v) is 7.72. The first-order valence-electron chi connectivity index (χ1n) is 8.67. The monoisotopic (exact) mass is 340 g/mol. The number of fused-ring (bicyclic) bond motifs is 1. The summed E-state index contributed by atoms with van der Waals surface area (Å²) in [6.07, 6.45) is 6.63. The van der Waals surface area contributed by atoms with Crippen LogP contribution in [0.1, 0.15) is 49.3 Å². The Morgan fingerprint density at radius 3 is 2.50 bits per heavy atom. The largest absolute Gasteiger partial charge is 0.460 e. The maximum absolute atomic E-state index is 13.1. The molecule has 0 bridgehead atoms. The molecule has 1 aromatic heterocycles. The van der Waals surface area contributed by atoms with Gasteiger partial charge in [-0.3, -0.25) is 0 Å². The number of aryl methyl sites for hydroxylation is 1. The van der Waals surface area contributed by atoms with Gasteiger partial charge in [-0.05, 0) is 67.6 Å². The van der Waals surface area contributed by atoms with Gasteiger partial charge in [0.1, 0.15) is 17.2 Å². The van der Waals surface area contributed by atoms with Crippen molar-refractivity contribution < 1.29 is 8.81 Å². The third-order valence-corrected chi connectivity index (χ3v) is 6.16. The van der Waals surface area contributed by atoms with E-state index in [0.29, 0.717) is 5.92 Å². The molecule has 0 unspecified atom stereocenters. The zero-order valence-corrected chi connectivity index (χ0v) is 14.7. The highest BCUT2D eigenvalue weighted by atomic mass is 32.2. The molecule has 124 valence electrons. The molecule has 0 N–H and O–H groups in total. The molecule has 0 aliphatic heterocycles. The van der Waals surface area contributed by atoms with Crippen LogP contribution in [0.2, 0.25) is 0 Å². The van der Waals surface area contributed by atoms with Gasteiger partial charge in [0.15, 0.2) is 0 Å². The first kappa shape index (κ1) is 15.8. The zero-order chi connectivity index (χ0) is 16.5. The smallest absolute Gasteiger partial charge is 0.135 e. The molecule has 3 aromatic rings. The summed E-state index contributed by atoms with van der Waals surface area (Å²) in [7, 11) is 0. The van der Waals surface area contributed by atoms with Crippen molar-refractivity contribution >= 4 is 22.7 Å². The van der Waals surface area contributed by atoms with Crippen molar-refractivity contribution in [2.75, 3.05) is 0 Å². The van der Waals surface area contributed by atoms with Gasteiger partial charge in [0.05, 0.1) is 4.90 Å². The van der Waals surface area contributed by atoms with Crippen LogP contribution in [0, 0.1) is 12.7 Å². The van der Waals surface area contributed by atoms with E-state index in [-0.39, 0.29) is 5.82 Å². The molecule has 0 spiro atoms. The van der Waals surface area contributed by atoms with Gasteiger partial charge >= 0.3 is 0 Å². The van der Waals surface area contributed by atoms with E-state index in [0.717, 1.165) is 21.1 Å². The van der Waals surface area contributed by atoms with Crippen molar-refractivity contribution in [3.8, 4) is 0 Å². The van der Waals surface area contributed by atoms with Crippen molar-refractivity contribution in [1.82, 2.24) is 0 Å². The lowest BCUT2D eigenvalue weighted by Crippen LogP contribution is -2.04. The summed E-state index contributed by atoms with van der Waals surface area (Å²) in [4.78, 5) is 2.18. The predicted octanol–water partition coefficient (Wildman–Crippen LogP) is 7.08. The van der Waals surface area contributed by atoms with Crippen LogP contribution in [0.5, 0.6) is 0 Å². The molecule has 1 nitrogen and oxygen atoms in total. The molecule has 1 saturated carbocycles. The van der Waals surface area contributed by atoms with Gasteiger partial charge < -0.3 is 4.42 Å². The molecule has 1 fully saturated rings. The highest BCUT2D eigenvalue weighted by Crippen LogP contribution is 2.41. The Kier molecular flexibility index (Phi) is 4.36. The van der Waals surface area contributed by atoms with Crippen molar-refractivity contribution in [1.29, 1.82) is 0 Å². The van der Waals surface area contributed by atoms with Gasteiger partial charge in [0, 0.05) is 10.3 Å². The molecule has 1 heterocycles. The van der Waals surface area contributed by atoms with E-state index in [9.17, 15) is 4.39 Å². The van der Waals surface area contributed by atoms with Crippen LogP contribution in [-0.4, -0.2) is 0 Å². The molecule has 1 aliphatic carbocycles. The summed E-state index contributed by atoms with van der Waals surface area (Å²) < 4.78 is 19.1. The van der Waals surface area contributed by atoms with E-state index in [2.05, 4.69) is 18.2 Å². The van der Waals surface area contributed by atoms with Crippen LogP contribution in [0.25, 0.3) is 11.0 Å². The van der Waals surface area contributed by atoms with Gasteiger partial charge in [-0.25, -0.2) is 4.39 Å². The topological polar surface area (TPSA) is 13.1 Å². The molecule has 1 aliphatic rings. The Labute approximate surface area is 146 Å². The minimum Gasteiger partial charge on any atom is -0.460 e. The molecular formula is C21H21FOS. The van der Waals surface area contributed by atoms with Gasteiger partial charge in [0.25, 0.3) is 0 Å². The number of furan rings is 1. The second kappa shape index (κ2) is 6.64. The van der Waals surface area contributed by atoms with Crippen molar-refractivity contribution in [2.45, 2.75) is 54.7 Å². The van der Waals surface area contributed by atoms with Crippen LogP contribution >= 0.6 is 11.8 Å². The van der Waals surface area contributed by atoms with Gasteiger partial charge in [-0.1, -0.05) is 37.1 Å². The number of halogens is 1. The van der Waals surface area contributed by atoms with Gasteiger partial charge in [-0.2, -0.15) is 0 Å². The summed E-state index contributed by atoms with van der Waals surface area (Å²) in [5.74, 6) is 1.41. The number of rotatable bonds is 3. The molecule has 0 amide bonds. The molecule has 0 atom stereocenters. The minimum atomic E-state index is -0.201. The van der Waals surface area contributed by atoms with Crippen LogP contribution in [0.4, 0.5) is 4.39 Å². The minimum absolute atomic E-state index is 0.201. The van der Waals surface area contributed by atoms with E-state index < -0.39 is 0 Å². The van der Waals surface area contributed by atoms with Crippen molar-refractivity contribution in [2.24, 2.45) is 0 Å². The van der Waals surface area contributed by atoms with Crippen molar-refractivity contribution in [3.05, 3.63) is 59.6 Å². The van der Waals surface area contributed by atoms with E-state index in [1.807, 2.05) is 19.1 Å². The summed E-state index contributed by atoms with van der Waals surface area (Å²) in [5.41, 5.74) is 2.38. The van der Waals surface area contributed by atoms with Crippen LogP contribution in [0.3, 0.4) is 0 Å². The Morgan fingerprint density at radius 2 is 1.75 bits per heavy atom. The highest BCUT2D eigenvalue weighted by molar-refractivity contribution is 7.99. The number of benzene rings is 2. The molecule has 24 heavy (non-hydrogen) atoms. The number of hydrogen-bond donors (Lipinski definition) is 0. The van der Waals surface area contributed by atoms with Crippen molar-refractivity contribution in [3.63, 3.8) is 0 Å². The standard InChI is InChI=1S/C21H21FOS/c1-14-21(24-18-10-8-17(22)9-11-18)19-13-16(7-12-20(19)23-14)15-5-3-2-4-6-15/h7-13,15H,2-6H2,1H3. The molecule has 0 saturated heterocycles. The van der Waals surface area contributed by atoms with E-state index in [1.165, 1.54) is 55.2 Å². The Bertz CT molecular complexity index is 844. The SMILES string of the molecule is Cc1oc2ccc(C3CCCCC3)cc2c1Sc1ccc(F)cc1. The lowest BCUT2D eigenvalue weighted by molar-refractivity contribution is 0.444. The Hall–Kier alpha value is -1.74. The zero-order valence-electron chi connectivity index (χ0n) is 13.8. The predicted molar refractivity (Wildman–Crippen MR) is 97.3 cm³/mol. The number of hydrogen-bond acceptors (Lipinski definition) is 2. The van der Waals surface area contributed by atoms with E-state index in [4.69, 9.17) is 4.42 Å². The van der Waals surface area contributed by atoms with Crippen LogP contribution in [-0.2, 0) is 0 Å². The maximum atomic E-state index is 13.1. The first-order chi connectivity index (χ1) is 11.7. The normalized spacial score (nSPS) is 15.9. The Morgan fingerprint density at radius 1 is 1.00 bits per heavy atom. The fourth-order valence-electron chi connectivity index (χ4n) is 3.65.